The molecule has 0 fully saturated rings. The summed E-state index contributed by atoms with van der Waals surface area (Å²) in [6.07, 6.45) is 4.37. The first-order chi connectivity index (χ1) is 8.64. The maximum atomic E-state index is 9.93. The molecule has 0 saturated heterocycles. The Morgan fingerprint density at radius 3 is 2.00 bits per heavy atom. The van der Waals surface area contributed by atoms with Gasteiger partial charge in [0.1, 0.15) is 0 Å². The first-order valence-electron chi connectivity index (χ1n) is 7.38. The van der Waals surface area contributed by atoms with E-state index in [1.807, 2.05) is 0 Å². The van der Waals surface area contributed by atoms with Gasteiger partial charge in [0, 0.05) is 13.1 Å². The van der Waals surface area contributed by atoms with Crippen molar-refractivity contribution in [3.05, 3.63) is 0 Å². The lowest BCUT2D eigenvalue weighted by molar-refractivity contribution is -0.0942. The molecule has 18 heavy (non-hydrogen) atoms. The van der Waals surface area contributed by atoms with Gasteiger partial charge in [-0.2, -0.15) is 0 Å². The molecule has 0 bridgehead atoms. The molecule has 0 amide bonds. The third-order valence-corrected chi connectivity index (χ3v) is 3.67. The minimum Gasteiger partial charge on any atom is -0.389 e. The summed E-state index contributed by atoms with van der Waals surface area (Å²) in [7, 11) is 0. The van der Waals surface area contributed by atoms with Crippen molar-refractivity contribution >= 4 is 0 Å². The predicted octanol–water partition coefficient (Wildman–Crippen LogP) is 1.64. The maximum Gasteiger partial charge on any atom is 0.0923 e. The summed E-state index contributed by atoms with van der Waals surface area (Å²) < 4.78 is 6.04. The summed E-state index contributed by atoms with van der Waals surface area (Å²) in [4.78, 5) is 0. The number of hydrogen-bond acceptors (Lipinski definition) is 4. The normalized spacial score (nSPS) is 16.8. The highest BCUT2D eigenvalue weighted by Gasteiger charge is 2.25. The van der Waals surface area contributed by atoms with Crippen molar-refractivity contribution in [2.75, 3.05) is 13.1 Å². The zero-order chi connectivity index (χ0) is 14.0. The number of unbranched alkanes of at least 4 members (excludes halogenated alkanes) is 1. The van der Waals surface area contributed by atoms with E-state index in [0.29, 0.717) is 12.5 Å². The smallest absolute Gasteiger partial charge is 0.0923 e. The molecule has 0 spiro atoms. The number of hydrogen-bond donors (Lipinski definition) is 3. The lowest BCUT2D eigenvalue weighted by Gasteiger charge is -2.31. The van der Waals surface area contributed by atoms with E-state index in [-0.39, 0.29) is 18.8 Å². The van der Waals surface area contributed by atoms with E-state index in [1.165, 1.54) is 0 Å². The van der Waals surface area contributed by atoms with Gasteiger partial charge in [0.15, 0.2) is 0 Å². The first kappa shape index (κ1) is 17.8. The highest BCUT2D eigenvalue weighted by Crippen LogP contribution is 2.20. The Balaban J connectivity index is 4.49. The van der Waals surface area contributed by atoms with Crippen molar-refractivity contribution in [1.82, 2.24) is 0 Å². The Bertz CT molecular complexity index is 187. The monoisotopic (exact) mass is 260 g/mol. The van der Waals surface area contributed by atoms with Crippen LogP contribution in [0.25, 0.3) is 0 Å². The van der Waals surface area contributed by atoms with Crippen LogP contribution < -0.4 is 11.5 Å². The van der Waals surface area contributed by atoms with Crippen molar-refractivity contribution in [1.29, 1.82) is 0 Å². The minimum absolute atomic E-state index is 0.0306. The second kappa shape index (κ2) is 10.7. The molecule has 0 saturated carbocycles. The zero-order valence-electron chi connectivity index (χ0n) is 12.3. The summed E-state index contributed by atoms with van der Waals surface area (Å²) in [5.41, 5.74) is 11.3. The van der Waals surface area contributed by atoms with Gasteiger partial charge in [0.25, 0.3) is 0 Å². The van der Waals surface area contributed by atoms with Crippen LogP contribution in [-0.2, 0) is 4.74 Å². The predicted molar refractivity (Wildman–Crippen MR) is 76.4 cm³/mol. The van der Waals surface area contributed by atoms with Gasteiger partial charge in [-0.25, -0.2) is 0 Å². The van der Waals surface area contributed by atoms with Crippen molar-refractivity contribution in [2.45, 2.75) is 71.2 Å². The largest absolute Gasteiger partial charge is 0.389 e. The molecule has 0 heterocycles. The third kappa shape index (κ3) is 6.14. The molecule has 110 valence electrons. The fourth-order valence-corrected chi connectivity index (χ4v) is 2.31. The van der Waals surface area contributed by atoms with Gasteiger partial charge in [-0.3, -0.25) is 0 Å². The summed E-state index contributed by atoms with van der Waals surface area (Å²) in [6.45, 7) is 7.19. The summed E-state index contributed by atoms with van der Waals surface area (Å²) in [5, 5.41) is 9.93. The van der Waals surface area contributed by atoms with Crippen molar-refractivity contribution in [2.24, 2.45) is 17.4 Å². The molecule has 0 aliphatic heterocycles. The fraction of sp³-hybridized carbons (Fsp3) is 1.00. The number of aliphatic hydroxyl groups excluding tert-OH is 1. The number of rotatable bonds is 11. The van der Waals surface area contributed by atoms with Crippen LogP contribution in [0.4, 0.5) is 0 Å². The average Bonchev–Trinajstić information content (AvgIpc) is 2.41. The Morgan fingerprint density at radius 2 is 1.61 bits per heavy atom. The van der Waals surface area contributed by atoms with Crippen LogP contribution in [0.1, 0.15) is 52.9 Å². The van der Waals surface area contributed by atoms with Crippen LogP contribution in [0.2, 0.25) is 0 Å². The number of aliphatic hydroxyl groups is 1. The molecule has 0 radical (unpaired) electrons. The van der Waals surface area contributed by atoms with Gasteiger partial charge in [-0.1, -0.05) is 46.5 Å². The number of ether oxygens (including phenoxy) is 1. The molecule has 0 aromatic heterocycles. The molecular weight excluding hydrogens is 228 g/mol. The van der Waals surface area contributed by atoms with E-state index in [0.717, 1.165) is 32.1 Å². The van der Waals surface area contributed by atoms with E-state index in [4.69, 9.17) is 16.2 Å². The topological polar surface area (TPSA) is 81.5 Å². The van der Waals surface area contributed by atoms with E-state index in [1.54, 1.807) is 0 Å². The molecule has 4 nitrogen and oxygen atoms in total. The zero-order valence-corrected chi connectivity index (χ0v) is 12.3. The lowest BCUT2D eigenvalue weighted by atomic mass is 9.95. The van der Waals surface area contributed by atoms with Crippen LogP contribution in [0.3, 0.4) is 0 Å². The SMILES string of the molecule is CCCCC(OC(CN)C(CC)CC)C(O)CN. The third-order valence-electron chi connectivity index (χ3n) is 3.67. The van der Waals surface area contributed by atoms with Gasteiger partial charge in [-0.15, -0.1) is 0 Å². The quantitative estimate of drug-likeness (QED) is 0.527. The Labute approximate surface area is 112 Å². The standard InChI is InChI=1S/C14H32N2O2/c1-4-7-8-13(12(17)9-15)18-14(10-16)11(5-2)6-3/h11-14,17H,4-10,15-16H2,1-3H3. The molecule has 5 N–H and O–H groups in total. The molecule has 3 atom stereocenters. The van der Waals surface area contributed by atoms with E-state index >= 15 is 0 Å². The van der Waals surface area contributed by atoms with Gasteiger partial charge < -0.3 is 21.3 Å². The van der Waals surface area contributed by atoms with Crippen LogP contribution in [0.5, 0.6) is 0 Å². The van der Waals surface area contributed by atoms with Crippen LogP contribution in [0, 0.1) is 5.92 Å². The fourth-order valence-electron chi connectivity index (χ4n) is 2.31. The second-order valence-electron chi connectivity index (χ2n) is 4.97. The molecule has 4 heteroatoms. The van der Waals surface area contributed by atoms with Crippen LogP contribution in [-0.4, -0.2) is 36.5 Å². The van der Waals surface area contributed by atoms with Gasteiger partial charge in [0.05, 0.1) is 18.3 Å². The number of nitrogens with two attached hydrogens (primary N) is 2. The summed E-state index contributed by atoms with van der Waals surface area (Å²) >= 11 is 0. The van der Waals surface area contributed by atoms with E-state index in [2.05, 4.69) is 20.8 Å². The molecule has 0 rings (SSSR count). The second-order valence-corrected chi connectivity index (χ2v) is 4.97. The highest BCUT2D eigenvalue weighted by molar-refractivity contribution is 4.76. The van der Waals surface area contributed by atoms with Crippen molar-refractivity contribution in [3.8, 4) is 0 Å². The first-order valence-corrected chi connectivity index (χ1v) is 7.38. The highest BCUT2D eigenvalue weighted by atomic mass is 16.5. The lowest BCUT2D eigenvalue weighted by Crippen LogP contribution is -2.42. The maximum absolute atomic E-state index is 9.93. The Kier molecular flexibility index (Phi) is 10.6. The summed E-state index contributed by atoms with van der Waals surface area (Å²) in [6, 6.07) is 0. The van der Waals surface area contributed by atoms with Gasteiger partial charge in [-0.05, 0) is 12.3 Å². The molecule has 0 aromatic carbocycles. The van der Waals surface area contributed by atoms with E-state index in [9.17, 15) is 5.11 Å². The van der Waals surface area contributed by atoms with Gasteiger partial charge in [0.2, 0.25) is 0 Å². The molecule has 0 aliphatic carbocycles. The van der Waals surface area contributed by atoms with Crippen molar-refractivity contribution < 1.29 is 9.84 Å². The van der Waals surface area contributed by atoms with Gasteiger partial charge >= 0.3 is 0 Å². The van der Waals surface area contributed by atoms with Crippen LogP contribution >= 0.6 is 0 Å². The Morgan fingerprint density at radius 1 is 1.00 bits per heavy atom. The molecular formula is C14H32N2O2. The minimum atomic E-state index is -0.583. The Hall–Kier alpha value is -0.160. The van der Waals surface area contributed by atoms with Crippen molar-refractivity contribution in [3.63, 3.8) is 0 Å². The van der Waals surface area contributed by atoms with Crippen LogP contribution in [0.15, 0.2) is 0 Å². The molecule has 3 unspecified atom stereocenters. The summed E-state index contributed by atoms with van der Waals surface area (Å²) in [5.74, 6) is 0.462. The van der Waals surface area contributed by atoms with E-state index < -0.39 is 6.10 Å². The average molecular weight is 260 g/mol. The molecule has 0 aromatic rings. The molecule has 0 aliphatic rings.